The van der Waals surface area contributed by atoms with Crippen molar-refractivity contribution in [3.63, 3.8) is 0 Å². The molecule has 0 bridgehead atoms. The van der Waals surface area contributed by atoms with Crippen molar-refractivity contribution in [3.8, 4) is 0 Å². The molecule has 0 aromatic heterocycles. The predicted octanol–water partition coefficient (Wildman–Crippen LogP) is 4.00. The van der Waals surface area contributed by atoms with Crippen LogP contribution in [0.2, 0.25) is 0 Å². The summed E-state index contributed by atoms with van der Waals surface area (Å²) in [6.45, 7) is 9.31. The highest BCUT2D eigenvalue weighted by atomic mass is 16.5. The van der Waals surface area contributed by atoms with Crippen molar-refractivity contribution in [2.24, 2.45) is 5.92 Å². The van der Waals surface area contributed by atoms with Crippen LogP contribution in [0.25, 0.3) is 0 Å². The van der Waals surface area contributed by atoms with Crippen LogP contribution < -0.4 is 10.2 Å². The molecule has 5 nitrogen and oxygen atoms in total. The van der Waals surface area contributed by atoms with Gasteiger partial charge >= 0.3 is 5.97 Å². The average molecular weight is 370 g/mol. The predicted molar refractivity (Wildman–Crippen MR) is 107 cm³/mol. The fourth-order valence-corrected chi connectivity index (χ4v) is 4.16. The maximum atomic E-state index is 12.4. The second-order valence-corrected chi connectivity index (χ2v) is 7.60. The lowest BCUT2D eigenvalue weighted by Crippen LogP contribution is -2.31. The third kappa shape index (κ3) is 3.73. The van der Waals surface area contributed by atoms with Gasteiger partial charge in [0, 0.05) is 35.5 Å². The fraction of sp³-hybridized carbons (Fsp3) is 0.545. The molecule has 1 amide bonds. The third-order valence-corrected chi connectivity index (χ3v) is 5.36. The second kappa shape index (κ2) is 8.15. The number of hydrogen-bond donors (Lipinski definition) is 1. The van der Waals surface area contributed by atoms with Crippen molar-refractivity contribution in [3.05, 3.63) is 41.1 Å². The molecular weight excluding hydrogens is 340 g/mol. The molecule has 1 N–H and O–H groups in total. The number of esters is 1. The number of nitrogens with zero attached hydrogens (tertiary/aromatic N) is 1. The fourth-order valence-electron chi connectivity index (χ4n) is 4.16. The Morgan fingerprint density at radius 3 is 2.74 bits per heavy atom. The van der Waals surface area contributed by atoms with E-state index >= 15 is 0 Å². The van der Waals surface area contributed by atoms with Gasteiger partial charge in [0.05, 0.1) is 12.5 Å². The summed E-state index contributed by atoms with van der Waals surface area (Å²) >= 11 is 0. The smallest absolute Gasteiger partial charge is 0.309 e. The molecule has 5 heteroatoms. The highest BCUT2D eigenvalue weighted by molar-refractivity contribution is 5.95. The molecule has 1 heterocycles. The number of amides is 1. The SMILES string of the molecule is CCCNC(=O)c1ccc2c(c1)C1CC(C(=O)OCC)CC=C1N2C(C)C. The van der Waals surface area contributed by atoms with E-state index < -0.39 is 0 Å². The minimum absolute atomic E-state index is 0.0362. The van der Waals surface area contributed by atoms with Crippen LogP contribution in [0.15, 0.2) is 30.0 Å². The van der Waals surface area contributed by atoms with Gasteiger partial charge in [-0.2, -0.15) is 0 Å². The lowest BCUT2D eigenvalue weighted by molar-refractivity contribution is -0.148. The molecule has 1 aromatic rings. The summed E-state index contributed by atoms with van der Waals surface area (Å²) in [6, 6.07) is 6.28. The third-order valence-electron chi connectivity index (χ3n) is 5.36. The summed E-state index contributed by atoms with van der Waals surface area (Å²) in [6.07, 6.45) is 4.55. The summed E-state index contributed by atoms with van der Waals surface area (Å²) in [5, 5.41) is 2.95. The first-order chi connectivity index (χ1) is 13.0. The Kier molecular flexibility index (Phi) is 5.88. The van der Waals surface area contributed by atoms with Crippen LogP contribution in [0.4, 0.5) is 5.69 Å². The molecule has 0 radical (unpaired) electrons. The number of fused-ring (bicyclic) bond motifs is 3. The Balaban J connectivity index is 1.94. The van der Waals surface area contributed by atoms with E-state index in [1.807, 2.05) is 26.0 Å². The molecule has 146 valence electrons. The van der Waals surface area contributed by atoms with Gasteiger partial charge in [-0.1, -0.05) is 13.0 Å². The molecule has 0 spiro atoms. The van der Waals surface area contributed by atoms with Gasteiger partial charge in [0.25, 0.3) is 5.91 Å². The molecule has 0 saturated carbocycles. The Labute approximate surface area is 161 Å². The van der Waals surface area contributed by atoms with Crippen LogP contribution in [-0.4, -0.2) is 31.1 Å². The number of rotatable bonds is 6. The van der Waals surface area contributed by atoms with Crippen LogP contribution >= 0.6 is 0 Å². The van der Waals surface area contributed by atoms with Crippen LogP contribution in [0.1, 0.15) is 68.8 Å². The second-order valence-electron chi connectivity index (χ2n) is 7.60. The van der Waals surface area contributed by atoms with Gasteiger partial charge in [-0.05, 0) is 63.8 Å². The van der Waals surface area contributed by atoms with Gasteiger partial charge < -0.3 is 15.0 Å². The largest absolute Gasteiger partial charge is 0.466 e. The van der Waals surface area contributed by atoms with Crippen LogP contribution in [0.3, 0.4) is 0 Å². The van der Waals surface area contributed by atoms with E-state index in [2.05, 4.69) is 36.2 Å². The summed E-state index contributed by atoms with van der Waals surface area (Å²) in [5.41, 5.74) is 4.24. The Morgan fingerprint density at radius 2 is 2.07 bits per heavy atom. The zero-order valence-corrected chi connectivity index (χ0v) is 16.7. The monoisotopic (exact) mass is 370 g/mol. The molecule has 1 aromatic carbocycles. The van der Waals surface area contributed by atoms with Gasteiger partial charge in [-0.3, -0.25) is 9.59 Å². The lowest BCUT2D eigenvalue weighted by Gasteiger charge is -2.31. The van der Waals surface area contributed by atoms with Crippen LogP contribution in [0.5, 0.6) is 0 Å². The van der Waals surface area contributed by atoms with Gasteiger partial charge in [-0.15, -0.1) is 0 Å². The normalized spacial score (nSPS) is 20.8. The van der Waals surface area contributed by atoms with E-state index in [1.54, 1.807) is 0 Å². The van der Waals surface area contributed by atoms with Gasteiger partial charge in [0.2, 0.25) is 0 Å². The number of nitrogens with one attached hydrogen (secondary N) is 1. The Hall–Kier alpha value is -2.30. The molecular formula is C22H30N2O3. The summed E-state index contributed by atoms with van der Waals surface area (Å²) < 4.78 is 5.25. The lowest BCUT2D eigenvalue weighted by atomic mass is 9.81. The van der Waals surface area contributed by atoms with Crippen LogP contribution in [-0.2, 0) is 9.53 Å². The number of ether oxygens (including phenoxy) is 1. The van der Waals surface area contributed by atoms with Crippen molar-refractivity contribution in [2.75, 3.05) is 18.1 Å². The van der Waals surface area contributed by atoms with Gasteiger partial charge in [0.1, 0.15) is 0 Å². The highest BCUT2D eigenvalue weighted by Gasteiger charge is 2.40. The molecule has 0 fully saturated rings. The zero-order chi connectivity index (χ0) is 19.6. The van der Waals surface area contributed by atoms with E-state index in [0.29, 0.717) is 31.2 Å². The van der Waals surface area contributed by atoms with E-state index in [1.165, 1.54) is 5.70 Å². The average Bonchev–Trinajstić information content (AvgIpc) is 2.99. The molecule has 2 unspecified atom stereocenters. The first-order valence-electron chi connectivity index (χ1n) is 10.1. The topological polar surface area (TPSA) is 58.6 Å². The molecule has 2 atom stereocenters. The van der Waals surface area contributed by atoms with E-state index in [4.69, 9.17) is 4.74 Å². The molecule has 3 rings (SSSR count). The van der Waals surface area contributed by atoms with E-state index in [-0.39, 0.29) is 23.7 Å². The van der Waals surface area contributed by atoms with E-state index in [9.17, 15) is 9.59 Å². The Bertz CT molecular complexity index is 754. The van der Waals surface area contributed by atoms with Crippen molar-refractivity contribution < 1.29 is 14.3 Å². The van der Waals surface area contributed by atoms with Gasteiger partial charge in [-0.25, -0.2) is 0 Å². The molecule has 27 heavy (non-hydrogen) atoms. The molecule has 0 saturated heterocycles. The number of carbonyl (C=O) groups is 2. The number of benzene rings is 1. The quantitative estimate of drug-likeness (QED) is 0.769. The van der Waals surface area contributed by atoms with Crippen molar-refractivity contribution in [2.45, 2.75) is 58.9 Å². The highest BCUT2D eigenvalue weighted by Crippen LogP contribution is 2.50. The first kappa shape index (κ1) is 19.5. The van der Waals surface area contributed by atoms with E-state index in [0.717, 1.165) is 24.1 Å². The maximum Gasteiger partial charge on any atom is 0.309 e. The zero-order valence-electron chi connectivity index (χ0n) is 16.7. The number of anilines is 1. The summed E-state index contributed by atoms with van der Waals surface area (Å²) in [5.74, 6) is -0.124. The minimum atomic E-state index is -0.116. The number of carbonyl (C=O) groups excluding carboxylic acids is 2. The molecule has 2 aliphatic rings. The Morgan fingerprint density at radius 1 is 1.30 bits per heavy atom. The maximum absolute atomic E-state index is 12.4. The number of hydrogen-bond acceptors (Lipinski definition) is 4. The summed E-state index contributed by atoms with van der Waals surface area (Å²) in [4.78, 5) is 27.0. The first-order valence-corrected chi connectivity index (χ1v) is 10.1. The summed E-state index contributed by atoms with van der Waals surface area (Å²) in [7, 11) is 0. The van der Waals surface area contributed by atoms with Crippen molar-refractivity contribution in [1.82, 2.24) is 5.32 Å². The molecule has 1 aliphatic carbocycles. The number of allylic oxidation sites excluding steroid dienone is 2. The molecule has 1 aliphatic heterocycles. The minimum Gasteiger partial charge on any atom is -0.466 e. The van der Waals surface area contributed by atoms with Crippen molar-refractivity contribution >= 4 is 17.6 Å². The van der Waals surface area contributed by atoms with Crippen LogP contribution in [0, 0.1) is 5.92 Å². The van der Waals surface area contributed by atoms with Crippen molar-refractivity contribution in [1.29, 1.82) is 0 Å². The van der Waals surface area contributed by atoms with Gasteiger partial charge in [0.15, 0.2) is 0 Å². The standard InChI is InChI=1S/C22H30N2O3/c1-5-11-23-21(25)15-7-9-19-17(12-15)18-13-16(22(26)27-6-2)8-10-20(18)24(19)14(3)4/h7,9-10,12,14,16,18H,5-6,8,11,13H2,1-4H3,(H,23,25).